The van der Waals surface area contributed by atoms with Crippen molar-refractivity contribution in [3.05, 3.63) is 69.2 Å². The van der Waals surface area contributed by atoms with Crippen LogP contribution in [0.2, 0.25) is 10.0 Å². The Bertz CT molecular complexity index is 832. The van der Waals surface area contributed by atoms with Gasteiger partial charge in [0.15, 0.2) is 0 Å². The molecule has 6 heteroatoms. The lowest BCUT2D eigenvalue weighted by Gasteiger charge is -2.30. The molecule has 156 valence electrons. The maximum atomic E-state index is 13.2. The maximum absolute atomic E-state index is 13.2. The Balaban J connectivity index is 2.29. The Kier molecular flexibility index (Phi) is 8.54. The van der Waals surface area contributed by atoms with Crippen molar-refractivity contribution >= 4 is 35.0 Å². The molecule has 0 spiro atoms. The minimum absolute atomic E-state index is 0.0305. The fraction of sp³-hybridized carbons (Fsp3) is 0.391. The number of amides is 2. The number of aryl methyl sites for hydroxylation is 1. The molecule has 0 saturated heterocycles. The highest BCUT2D eigenvalue weighted by Crippen LogP contribution is 2.27. The lowest BCUT2D eigenvalue weighted by molar-refractivity contribution is -0.140. The fourth-order valence-electron chi connectivity index (χ4n) is 2.88. The lowest BCUT2D eigenvalue weighted by Crippen LogP contribution is -2.50. The van der Waals surface area contributed by atoms with Crippen LogP contribution in [0, 0.1) is 6.92 Å². The van der Waals surface area contributed by atoms with Crippen molar-refractivity contribution in [2.45, 2.75) is 59.2 Å². The Morgan fingerprint density at radius 3 is 2.17 bits per heavy atom. The summed E-state index contributed by atoms with van der Waals surface area (Å²) in [4.78, 5) is 27.5. The average Bonchev–Trinajstić information content (AvgIpc) is 2.68. The molecule has 0 radical (unpaired) electrons. The van der Waals surface area contributed by atoms with Gasteiger partial charge >= 0.3 is 0 Å². The van der Waals surface area contributed by atoms with E-state index in [-0.39, 0.29) is 30.8 Å². The summed E-state index contributed by atoms with van der Waals surface area (Å²) in [7, 11) is 0. The molecule has 2 aromatic rings. The Hall–Kier alpha value is -2.04. The quantitative estimate of drug-likeness (QED) is 0.622. The first-order valence-corrected chi connectivity index (χ1v) is 10.6. The SMILES string of the molecule is CCC(C)NC(=O)C(C)N(Cc1c(Cl)cccc1Cl)C(=O)Cc1ccc(C)cc1. The molecule has 2 atom stereocenters. The normalized spacial score (nSPS) is 12.9. The molecular weight excluding hydrogens is 407 g/mol. The largest absolute Gasteiger partial charge is 0.352 e. The van der Waals surface area contributed by atoms with Crippen LogP contribution in [0.4, 0.5) is 0 Å². The number of carbonyl (C=O) groups is 2. The third-order valence-corrected chi connectivity index (χ3v) is 5.74. The number of hydrogen-bond acceptors (Lipinski definition) is 2. The first-order chi connectivity index (χ1) is 13.7. The smallest absolute Gasteiger partial charge is 0.242 e. The molecular formula is C23H28Cl2N2O2. The lowest BCUT2D eigenvalue weighted by atomic mass is 10.1. The first-order valence-electron chi connectivity index (χ1n) is 9.81. The summed E-state index contributed by atoms with van der Waals surface area (Å²) in [6.45, 7) is 7.83. The van der Waals surface area contributed by atoms with E-state index in [0.29, 0.717) is 15.6 Å². The molecule has 2 aromatic carbocycles. The first kappa shape index (κ1) is 23.2. The summed E-state index contributed by atoms with van der Waals surface area (Å²) in [6, 6.07) is 12.4. The second kappa shape index (κ2) is 10.7. The van der Waals surface area contributed by atoms with Gasteiger partial charge in [-0.1, -0.05) is 66.0 Å². The van der Waals surface area contributed by atoms with E-state index in [1.54, 1.807) is 30.0 Å². The molecule has 0 bridgehead atoms. The van der Waals surface area contributed by atoms with Gasteiger partial charge in [-0.2, -0.15) is 0 Å². The van der Waals surface area contributed by atoms with Gasteiger partial charge in [-0.05, 0) is 44.9 Å². The van der Waals surface area contributed by atoms with Gasteiger partial charge in [-0.15, -0.1) is 0 Å². The maximum Gasteiger partial charge on any atom is 0.242 e. The molecule has 0 aliphatic heterocycles. The minimum atomic E-state index is -0.658. The van der Waals surface area contributed by atoms with E-state index in [0.717, 1.165) is 17.5 Å². The van der Waals surface area contributed by atoms with Gasteiger partial charge in [0, 0.05) is 28.2 Å². The summed E-state index contributed by atoms with van der Waals surface area (Å²) in [5.74, 6) is -0.351. The van der Waals surface area contributed by atoms with Crippen LogP contribution in [0.3, 0.4) is 0 Å². The third kappa shape index (κ3) is 6.48. The van der Waals surface area contributed by atoms with Crippen LogP contribution in [0.15, 0.2) is 42.5 Å². The molecule has 2 unspecified atom stereocenters. The van der Waals surface area contributed by atoms with Crippen LogP contribution >= 0.6 is 23.2 Å². The topological polar surface area (TPSA) is 49.4 Å². The van der Waals surface area contributed by atoms with Crippen molar-refractivity contribution in [3.8, 4) is 0 Å². The molecule has 1 N–H and O–H groups in total. The predicted octanol–water partition coefficient (Wildman–Crippen LogP) is 5.18. The van der Waals surface area contributed by atoms with E-state index in [4.69, 9.17) is 23.2 Å². The van der Waals surface area contributed by atoms with Crippen molar-refractivity contribution in [3.63, 3.8) is 0 Å². The van der Waals surface area contributed by atoms with Crippen LogP contribution in [0.1, 0.15) is 43.9 Å². The monoisotopic (exact) mass is 434 g/mol. The van der Waals surface area contributed by atoms with Gasteiger partial charge in [0.2, 0.25) is 11.8 Å². The van der Waals surface area contributed by atoms with Crippen LogP contribution in [0.5, 0.6) is 0 Å². The Morgan fingerprint density at radius 2 is 1.62 bits per heavy atom. The number of halogens is 2. The van der Waals surface area contributed by atoms with Crippen molar-refractivity contribution in [1.29, 1.82) is 0 Å². The Morgan fingerprint density at radius 1 is 1.03 bits per heavy atom. The van der Waals surface area contributed by atoms with Gasteiger partial charge in [0.25, 0.3) is 0 Å². The zero-order valence-corrected chi connectivity index (χ0v) is 18.8. The van der Waals surface area contributed by atoms with Crippen molar-refractivity contribution in [2.75, 3.05) is 0 Å². The highest BCUT2D eigenvalue weighted by molar-refractivity contribution is 6.36. The van der Waals surface area contributed by atoms with Crippen LogP contribution in [-0.4, -0.2) is 28.8 Å². The number of carbonyl (C=O) groups excluding carboxylic acids is 2. The van der Waals surface area contributed by atoms with Gasteiger partial charge in [0.05, 0.1) is 6.42 Å². The van der Waals surface area contributed by atoms with Crippen LogP contribution in [-0.2, 0) is 22.6 Å². The summed E-state index contributed by atoms with van der Waals surface area (Å²) in [5, 5.41) is 3.90. The standard InChI is InChI=1S/C23H28Cl2N2O2/c1-5-16(3)26-23(29)17(4)27(14-19-20(24)7-6-8-21(19)25)22(28)13-18-11-9-15(2)10-12-18/h6-12,16-17H,5,13-14H2,1-4H3,(H,26,29). The predicted molar refractivity (Wildman–Crippen MR) is 119 cm³/mol. The molecule has 0 saturated carbocycles. The van der Waals surface area contributed by atoms with Crippen molar-refractivity contribution < 1.29 is 9.59 Å². The van der Waals surface area contributed by atoms with E-state index in [1.807, 2.05) is 45.0 Å². The number of hydrogen-bond donors (Lipinski definition) is 1. The summed E-state index contributed by atoms with van der Waals surface area (Å²) >= 11 is 12.6. The van der Waals surface area contributed by atoms with Gasteiger partial charge in [-0.25, -0.2) is 0 Å². The van der Waals surface area contributed by atoms with Crippen LogP contribution in [0.25, 0.3) is 0 Å². The highest BCUT2D eigenvalue weighted by atomic mass is 35.5. The molecule has 29 heavy (non-hydrogen) atoms. The zero-order valence-electron chi connectivity index (χ0n) is 17.3. The van der Waals surface area contributed by atoms with E-state index < -0.39 is 6.04 Å². The number of benzene rings is 2. The minimum Gasteiger partial charge on any atom is -0.352 e. The summed E-state index contributed by atoms with van der Waals surface area (Å²) in [5.41, 5.74) is 2.66. The average molecular weight is 435 g/mol. The zero-order chi connectivity index (χ0) is 21.6. The van der Waals surface area contributed by atoms with Gasteiger partial charge in [0.1, 0.15) is 6.04 Å². The molecule has 0 fully saturated rings. The van der Waals surface area contributed by atoms with Crippen molar-refractivity contribution in [2.24, 2.45) is 0 Å². The summed E-state index contributed by atoms with van der Waals surface area (Å²) < 4.78 is 0. The van der Waals surface area contributed by atoms with E-state index in [2.05, 4.69) is 5.32 Å². The third-order valence-electron chi connectivity index (χ3n) is 5.03. The van der Waals surface area contributed by atoms with E-state index in [9.17, 15) is 9.59 Å². The molecule has 2 rings (SSSR count). The van der Waals surface area contributed by atoms with Gasteiger partial charge < -0.3 is 10.2 Å². The van der Waals surface area contributed by atoms with E-state index >= 15 is 0 Å². The number of rotatable bonds is 8. The highest BCUT2D eigenvalue weighted by Gasteiger charge is 2.28. The molecule has 0 aliphatic rings. The Labute approximate surface area is 183 Å². The number of nitrogens with zero attached hydrogens (tertiary/aromatic N) is 1. The summed E-state index contributed by atoms with van der Waals surface area (Å²) in [6.07, 6.45) is 1.01. The molecule has 0 heterocycles. The molecule has 4 nitrogen and oxygen atoms in total. The number of nitrogens with one attached hydrogen (secondary N) is 1. The van der Waals surface area contributed by atoms with E-state index in [1.165, 1.54) is 0 Å². The van der Waals surface area contributed by atoms with Crippen LogP contribution < -0.4 is 5.32 Å². The molecule has 0 aliphatic carbocycles. The molecule has 0 aromatic heterocycles. The fourth-order valence-corrected chi connectivity index (χ4v) is 3.40. The van der Waals surface area contributed by atoms with Gasteiger partial charge in [-0.3, -0.25) is 9.59 Å². The second-order valence-electron chi connectivity index (χ2n) is 7.38. The molecule has 2 amide bonds. The second-order valence-corrected chi connectivity index (χ2v) is 8.19. The van der Waals surface area contributed by atoms with Crippen molar-refractivity contribution in [1.82, 2.24) is 10.2 Å².